The molecule has 21 heavy (non-hydrogen) atoms. The van der Waals surface area contributed by atoms with Gasteiger partial charge in [0.15, 0.2) is 4.34 Å². The summed E-state index contributed by atoms with van der Waals surface area (Å²) in [5.41, 5.74) is 0.679. The smallest absolute Gasteiger partial charge is 0.325 e. The Morgan fingerprint density at radius 3 is 2.71 bits per heavy atom. The fraction of sp³-hybridized carbons (Fsp3) is 0.308. The molecule has 112 valence electrons. The largest absolute Gasteiger partial charge is 0.497 e. The fourth-order valence-electron chi connectivity index (χ4n) is 1.44. The van der Waals surface area contributed by atoms with E-state index in [0.717, 1.165) is 22.3 Å². The number of carbonyl (C=O) groups is 1. The minimum atomic E-state index is -0.344. The van der Waals surface area contributed by atoms with E-state index in [9.17, 15) is 4.79 Å². The number of carbonyl (C=O) groups excluding carboxylic acids is 1. The number of nitrogens with one attached hydrogen (secondary N) is 2. The predicted molar refractivity (Wildman–Crippen MR) is 86.6 cm³/mol. The van der Waals surface area contributed by atoms with E-state index in [2.05, 4.69) is 27.8 Å². The Morgan fingerprint density at radius 1 is 1.29 bits per heavy atom. The van der Waals surface area contributed by atoms with Crippen LogP contribution in [0.4, 0.5) is 15.6 Å². The van der Waals surface area contributed by atoms with Crippen LogP contribution < -0.4 is 15.4 Å². The summed E-state index contributed by atoms with van der Waals surface area (Å²) in [7, 11) is 1.60. The van der Waals surface area contributed by atoms with Crippen LogP contribution in [0.5, 0.6) is 5.75 Å². The maximum Gasteiger partial charge on any atom is 0.325 e. The van der Waals surface area contributed by atoms with Crippen molar-refractivity contribution in [2.75, 3.05) is 23.5 Å². The minimum absolute atomic E-state index is 0.344. The number of aromatic nitrogens is 2. The molecule has 1 aromatic carbocycles. The van der Waals surface area contributed by atoms with Gasteiger partial charge in [-0.05, 0) is 30.7 Å². The van der Waals surface area contributed by atoms with Crippen LogP contribution in [0.3, 0.4) is 0 Å². The van der Waals surface area contributed by atoms with Gasteiger partial charge in [-0.1, -0.05) is 30.0 Å². The monoisotopic (exact) mass is 324 g/mol. The Balaban J connectivity index is 1.87. The van der Waals surface area contributed by atoms with Gasteiger partial charge in [-0.25, -0.2) is 4.79 Å². The first-order valence-electron chi connectivity index (χ1n) is 6.39. The van der Waals surface area contributed by atoms with E-state index in [4.69, 9.17) is 4.74 Å². The van der Waals surface area contributed by atoms with Crippen molar-refractivity contribution in [2.45, 2.75) is 17.7 Å². The third kappa shape index (κ3) is 4.91. The fourth-order valence-corrected chi connectivity index (χ4v) is 3.11. The molecule has 0 bridgehead atoms. The van der Waals surface area contributed by atoms with Crippen LogP contribution in [0.1, 0.15) is 13.3 Å². The van der Waals surface area contributed by atoms with Crippen LogP contribution in [0.2, 0.25) is 0 Å². The van der Waals surface area contributed by atoms with Gasteiger partial charge in [-0.2, -0.15) is 0 Å². The van der Waals surface area contributed by atoms with E-state index in [0.29, 0.717) is 10.8 Å². The number of nitrogens with zero attached hydrogens (tertiary/aromatic N) is 2. The molecule has 1 heterocycles. The summed E-state index contributed by atoms with van der Waals surface area (Å²) in [6.07, 6.45) is 1.07. The molecule has 0 radical (unpaired) electrons. The van der Waals surface area contributed by atoms with Crippen LogP contribution in [-0.2, 0) is 0 Å². The number of hydrogen-bond acceptors (Lipinski definition) is 6. The number of anilines is 2. The molecule has 1 aromatic heterocycles. The zero-order valence-corrected chi connectivity index (χ0v) is 13.4. The molecule has 2 amide bonds. The highest BCUT2D eigenvalue weighted by Gasteiger charge is 2.08. The molecule has 0 aliphatic rings. The van der Waals surface area contributed by atoms with E-state index in [1.165, 1.54) is 11.3 Å². The number of ether oxygens (including phenoxy) is 1. The Labute approximate surface area is 131 Å². The van der Waals surface area contributed by atoms with Crippen molar-refractivity contribution in [3.63, 3.8) is 0 Å². The first-order valence-corrected chi connectivity index (χ1v) is 8.20. The highest BCUT2D eigenvalue weighted by Crippen LogP contribution is 2.25. The summed E-state index contributed by atoms with van der Waals surface area (Å²) in [4.78, 5) is 11.8. The van der Waals surface area contributed by atoms with E-state index in [1.54, 1.807) is 43.1 Å². The maximum atomic E-state index is 11.8. The molecule has 0 aliphatic heterocycles. The molecule has 0 saturated carbocycles. The predicted octanol–water partition coefficient (Wildman–Crippen LogP) is 3.69. The zero-order valence-electron chi connectivity index (χ0n) is 11.8. The summed E-state index contributed by atoms with van der Waals surface area (Å²) in [5.74, 6) is 1.73. The standard InChI is InChI=1S/C13H16N4O2S2/c1-3-8-20-13-17-16-12(21-13)15-11(18)14-9-4-6-10(19-2)7-5-9/h4-7H,3,8H2,1-2H3,(H2,14,15,16,18). The number of urea groups is 1. The highest BCUT2D eigenvalue weighted by atomic mass is 32.2. The van der Waals surface area contributed by atoms with Crippen molar-refractivity contribution in [2.24, 2.45) is 0 Å². The molecule has 6 nitrogen and oxygen atoms in total. The zero-order chi connectivity index (χ0) is 15.1. The molecule has 0 unspecified atom stereocenters. The molecule has 0 atom stereocenters. The van der Waals surface area contributed by atoms with Gasteiger partial charge in [0, 0.05) is 11.4 Å². The Morgan fingerprint density at radius 2 is 2.05 bits per heavy atom. The summed E-state index contributed by atoms with van der Waals surface area (Å²) < 4.78 is 5.92. The average molecular weight is 324 g/mol. The van der Waals surface area contributed by atoms with Gasteiger partial charge < -0.3 is 10.1 Å². The first kappa shape index (κ1) is 15.6. The molecule has 0 aliphatic carbocycles. The maximum absolute atomic E-state index is 11.8. The number of hydrogen-bond donors (Lipinski definition) is 2. The minimum Gasteiger partial charge on any atom is -0.497 e. The Kier molecular flexibility index (Phi) is 5.82. The van der Waals surface area contributed by atoms with E-state index < -0.39 is 0 Å². The van der Waals surface area contributed by atoms with Crippen LogP contribution in [-0.4, -0.2) is 29.1 Å². The van der Waals surface area contributed by atoms with Gasteiger partial charge in [-0.3, -0.25) is 5.32 Å². The van der Waals surface area contributed by atoms with Crippen molar-refractivity contribution < 1.29 is 9.53 Å². The molecule has 2 rings (SSSR count). The number of benzene rings is 1. The lowest BCUT2D eigenvalue weighted by molar-refractivity contribution is 0.262. The summed E-state index contributed by atoms with van der Waals surface area (Å²) in [6.45, 7) is 2.11. The lowest BCUT2D eigenvalue weighted by Crippen LogP contribution is -2.19. The van der Waals surface area contributed by atoms with Gasteiger partial charge in [0.1, 0.15) is 5.75 Å². The summed E-state index contributed by atoms with van der Waals surface area (Å²) in [6, 6.07) is 6.74. The van der Waals surface area contributed by atoms with Gasteiger partial charge >= 0.3 is 6.03 Å². The second-order valence-corrected chi connectivity index (χ2v) is 6.35. The molecular formula is C13H16N4O2S2. The Hall–Kier alpha value is -1.80. The third-order valence-corrected chi connectivity index (χ3v) is 4.58. The van der Waals surface area contributed by atoms with E-state index in [1.807, 2.05) is 0 Å². The van der Waals surface area contributed by atoms with Crippen molar-refractivity contribution in [1.82, 2.24) is 10.2 Å². The highest BCUT2D eigenvalue weighted by molar-refractivity contribution is 8.01. The van der Waals surface area contributed by atoms with Gasteiger partial charge in [-0.15, -0.1) is 10.2 Å². The summed E-state index contributed by atoms with van der Waals surface area (Å²) in [5, 5.41) is 13.8. The lowest BCUT2D eigenvalue weighted by atomic mass is 10.3. The SMILES string of the molecule is CCCSc1nnc(NC(=O)Nc2ccc(OC)cc2)s1. The van der Waals surface area contributed by atoms with Crippen LogP contribution in [0, 0.1) is 0 Å². The first-order chi connectivity index (χ1) is 10.2. The van der Waals surface area contributed by atoms with E-state index in [-0.39, 0.29) is 6.03 Å². The van der Waals surface area contributed by atoms with Gasteiger partial charge in [0.25, 0.3) is 0 Å². The normalized spacial score (nSPS) is 10.2. The molecule has 2 N–H and O–H groups in total. The third-order valence-electron chi connectivity index (χ3n) is 2.40. The van der Waals surface area contributed by atoms with Gasteiger partial charge in [0.05, 0.1) is 7.11 Å². The van der Waals surface area contributed by atoms with E-state index >= 15 is 0 Å². The topological polar surface area (TPSA) is 76.1 Å². The molecule has 2 aromatic rings. The number of rotatable bonds is 6. The second kappa shape index (κ2) is 7.84. The summed E-state index contributed by atoms with van der Waals surface area (Å²) >= 11 is 3.00. The van der Waals surface area contributed by atoms with Crippen molar-refractivity contribution in [3.8, 4) is 5.75 Å². The second-order valence-electron chi connectivity index (χ2n) is 4.03. The van der Waals surface area contributed by atoms with Crippen molar-refractivity contribution >= 4 is 39.9 Å². The average Bonchev–Trinajstić information content (AvgIpc) is 2.93. The van der Waals surface area contributed by atoms with Crippen molar-refractivity contribution in [1.29, 1.82) is 0 Å². The molecule has 0 fully saturated rings. The number of thioether (sulfide) groups is 1. The lowest BCUT2D eigenvalue weighted by Gasteiger charge is -2.05. The molecule has 0 saturated heterocycles. The van der Waals surface area contributed by atoms with Crippen LogP contribution >= 0.6 is 23.1 Å². The quantitative estimate of drug-likeness (QED) is 0.626. The number of methoxy groups -OCH3 is 1. The Bertz CT molecular complexity index is 586. The van der Waals surface area contributed by atoms with Crippen LogP contribution in [0.15, 0.2) is 28.6 Å². The van der Waals surface area contributed by atoms with Gasteiger partial charge in [0.2, 0.25) is 5.13 Å². The van der Waals surface area contributed by atoms with Crippen molar-refractivity contribution in [3.05, 3.63) is 24.3 Å². The molecular weight excluding hydrogens is 308 g/mol. The molecule has 0 spiro atoms. The number of amides is 2. The van der Waals surface area contributed by atoms with Crippen LogP contribution in [0.25, 0.3) is 0 Å². The molecule has 8 heteroatoms.